The number of aromatic nitrogens is 18. The van der Waals surface area contributed by atoms with Crippen molar-refractivity contribution in [2.24, 2.45) is 28.2 Å². The minimum Gasteiger partial charge on any atom is -0.381 e. The molecule has 0 bridgehead atoms. The van der Waals surface area contributed by atoms with E-state index in [4.69, 9.17) is 49.3 Å². The third kappa shape index (κ3) is 18.5. The highest BCUT2D eigenvalue weighted by molar-refractivity contribution is 6.02. The molecule has 31 heteroatoms. The van der Waals surface area contributed by atoms with Gasteiger partial charge in [0.15, 0.2) is 0 Å². The summed E-state index contributed by atoms with van der Waals surface area (Å²) in [5.74, 6) is 0.667. The van der Waals surface area contributed by atoms with Gasteiger partial charge in [0.2, 0.25) is 23.6 Å². The van der Waals surface area contributed by atoms with E-state index in [9.17, 15) is 24.0 Å². The van der Waals surface area contributed by atoms with Gasteiger partial charge < -0.3 is 38.5 Å². The topological polar surface area (TPSA) is 304 Å². The predicted molar refractivity (Wildman–Crippen MR) is 538 cm³/mol. The number of hydrogen-bond donors (Lipinski definition) is 0. The number of ketones is 1. The molecule has 10 aromatic heterocycles. The Morgan fingerprint density at radius 1 is 0.397 bits per heavy atom. The van der Waals surface area contributed by atoms with Crippen molar-refractivity contribution in [1.82, 2.24) is 108 Å². The normalized spacial score (nSPS) is 17.5. The zero-order chi connectivity index (χ0) is 97.0. The van der Waals surface area contributed by atoms with Crippen molar-refractivity contribution in [3.63, 3.8) is 0 Å². The molecule has 0 radical (unpaired) electrons. The van der Waals surface area contributed by atoms with Gasteiger partial charge in [-0.1, -0.05) is 98.8 Å². The molecule has 31 nitrogen and oxygen atoms in total. The second kappa shape index (κ2) is 40.1. The molecule has 4 amide bonds. The Morgan fingerprint density at radius 3 is 1.29 bits per heavy atom. The number of rotatable bonds is 14. The number of fused-ring (bicyclic) bond motifs is 8. The van der Waals surface area contributed by atoms with E-state index in [0.717, 1.165) is 284 Å². The first kappa shape index (κ1) is 93.5. The summed E-state index contributed by atoms with van der Waals surface area (Å²) in [6.45, 7) is 22.8. The van der Waals surface area contributed by atoms with Crippen LogP contribution in [0.1, 0.15) is 195 Å². The van der Waals surface area contributed by atoms with Gasteiger partial charge in [-0.25, -0.2) is 0 Å². The largest absolute Gasteiger partial charge is 0.381 e. The number of pyridine rings is 2. The molecule has 9 aliphatic rings. The number of benzene rings is 5. The fourth-order valence-corrected chi connectivity index (χ4v) is 22.9. The molecule has 8 aliphatic heterocycles. The zero-order valence-corrected chi connectivity index (χ0v) is 82.5. The maximum Gasteiger partial charge on any atom is 0.222 e. The van der Waals surface area contributed by atoms with E-state index in [-0.39, 0.29) is 35.3 Å². The van der Waals surface area contributed by atoms with Crippen LogP contribution in [0.25, 0.3) is 111 Å². The minimum absolute atomic E-state index is 0.109. The van der Waals surface area contributed by atoms with E-state index in [0.29, 0.717) is 76.0 Å². The summed E-state index contributed by atoms with van der Waals surface area (Å²) in [4.78, 5) is 80.7. The Kier molecular flexibility index (Phi) is 26.6. The lowest BCUT2D eigenvalue weighted by Gasteiger charge is -2.30. The Morgan fingerprint density at radius 2 is 0.816 bits per heavy atom. The smallest absolute Gasteiger partial charge is 0.222 e. The maximum atomic E-state index is 13.3. The van der Waals surface area contributed by atoms with Crippen molar-refractivity contribution in [3.05, 3.63) is 226 Å². The van der Waals surface area contributed by atoms with Crippen molar-refractivity contribution in [2.45, 2.75) is 201 Å². The first-order chi connectivity index (χ1) is 68.6. The third-order valence-corrected chi connectivity index (χ3v) is 30.4. The Hall–Kier alpha value is -13.8. The summed E-state index contributed by atoms with van der Waals surface area (Å²) in [6, 6.07) is 35.6. The van der Waals surface area contributed by atoms with E-state index >= 15 is 0 Å². The third-order valence-electron chi connectivity index (χ3n) is 30.4. The number of carbonyl (C=O) groups excluding carboxylic acids is 5. The molecule has 4 fully saturated rings. The lowest BCUT2D eigenvalue weighted by Crippen LogP contribution is -2.36. The lowest BCUT2D eigenvalue weighted by atomic mass is 9.78. The van der Waals surface area contributed by atoms with Crippen LogP contribution in [0, 0.1) is 13.8 Å². The lowest BCUT2D eigenvalue weighted by molar-refractivity contribution is -0.132. The van der Waals surface area contributed by atoms with E-state index in [1.807, 2.05) is 122 Å². The summed E-state index contributed by atoms with van der Waals surface area (Å²) in [5.41, 5.74) is 29.4. The van der Waals surface area contributed by atoms with Gasteiger partial charge in [0.25, 0.3) is 0 Å². The number of ether oxygens (including phenoxy) is 4. The molecule has 18 heterocycles. The highest BCUT2D eigenvalue weighted by atomic mass is 16.5. The predicted octanol–water partition coefficient (Wildman–Crippen LogP) is 16.3. The van der Waals surface area contributed by atoms with Crippen LogP contribution in [0.15, 0.2) is 153 Å². The van der Waals surface area contributed by atoms with Gasteiger partial charge in [0, 0.05) is 329 Å². The van der Waals surface area contributed by atoms with Gasteiger partial charge in [-0.15, -0.1) is 0 Å². The SMILES string of the molecule is CC(=O)N1CCc2c(c(-c3cccc4cc(-c5cnn(C)c5)ccc34)nn2C2CCOCC2)C1.CC(=O)N1CCc2c(c(-c3cccc4cc(-c5cnn(C)c5)nc(C)c34)nn2C2CCOCC2)C1.CCC(=O)N1CCc2c(c(-c3cccc4c(C)c(-c5cnn(C)c5)ncc34)nn2C2CCOCC2)C1.CCC(=O)N1CCc2c(c(-c3cccc4c3CC(=O)C(c3cnn(C)c3)C4)nn2C2CCOCC2)C1. The van der Waals surface area contributed by atoms with Crippen molar-refractivity contribution in [2.75, 3.05) is 79.0 Å². The average Bonchev–Trinajstić information content (AvgIpc) is 1.63. The van der Waals surface area contributed by atoms with Gasteiger partial charge in [0.05, 0.1) is 89.0 Å². The van der Waals surface area contributed by atoms with Gasteiger partial charge in [-0.3, -0.25) is 71.4 Å². The van der Waals surface area contributed by atoms with E-state index in [2.05, 4.69) is 150 Å². The van der Waals surface area contributed by atoms with Crippen LogP contribution < -0.4 is 0 Å². The van der Waals surface area contributed by atoms with Crippen LogP contribution in [0.5, 0.6) is 0 Å². The van der Waals surface area contributed by atoms with Crippen LogP contribution in [0.2, 0.25) is 0 Å². The van der Waals surface area contributed by atoms with Crippen LogP contribution in [0.3, 0.4) is 0 Å². The molecular weight excluding hydrogens is 1770 g/mol. The highest BCUT2D eigenvalue weighted by Gasteiger charge is 2.39. The summed E-state index contributed by atoms with van der Waals surface area (Å²) in [7, 11) is 7.65. The second-order valence-corrected chi connectivity index (χ2v) is 39.2. The van der Waals surface area contributed by atoms with Crippen LogP contribution in [0.4, 0.5) is 0 Å². The molecule has 0 saturated carbocycles. The summed E-state index contributed by atoms with van der Waals surface area (Å²) < 4.78 is 38.6. The monoisotopic (exact) mass is 1900 g/mol. The molecule has 1 atom stereocenters. The summed E-state index contributed by atoms with van der Waals surface area (Å²) in [6.07, 6.45) is 30.5. The van der Waals surface area contributed by atoms with Gasteiger partial charge in [0.1, 0.15) is 5.78 Å². The first-order valence-corrected chi connectivity index (χ1v) is 50.4. The van der Waals surface area contributed by atoms with Crippen molar-refractivity contribution < 1.29 is 42.9 Å². The summed E-state index contributed by atoms with van der Waals surface area (Å²) >= 11 is 0. The van der Waals surface area contributed by atoms with Crippen molar-refractivity contribution >= 4 is 61.7 Å². The average molecular weight is 1900 g/mol. The number of aryl methyl sites for hydroxylation is 6. The fourth-order valence-electron chi connectivity index (χ4n) is 22.9. The zero-order valence-electron chi connectivity index (χ0n) is 82.5. The molecule has 0 N–H and O–H groups in total. The molecule has 24 rings (SSSR count). The first-order valence-electron chi connectivity index (χ1n) is 50.4. The van der Waals surface area contributed by atoms with Gasteiger partial charge in [-0.2, -0.15) is 40.8 Å². The van der Waals surface area contributed by atoms with Gasteiger partial charge in [-0.05, 0) is 128 Å². The molecule has 0 spiro atoms. The molecule has 728 valence electrons. The minimum atomic E-state index is -0.159. The molecule has 4 saturated heterocycles. The highest BCUT2D eigenvalue weighted by Crippen LogP contribution is 2.46. The molecule has 1 unspecified atom stereocenters. The molecule has 1 aliphatic carbocycles. The Bertz CT molecular complexity index is 7270. The van der Waals surface area contributed by atoms with Crippen molar-refractivity contribution in [3.8, 4) is 78.7 Å². The number of amides is 4. The number of hydrogen-bond acceptors (Lipinski definition) is 19. The fraction of sp³-hybridized carbons (Fsp3) is 0.427. The molecule has 5 aromatic carbocycles. The van der Waals surface area contributed by atoms with Crippen LogP contribution >= 0.6 is 0 Å². The second-order valence-electron chi connectivity index (χ2n) is 39.2. The number of nitrogens with zero attached hydrogens (tertiary/aromatic N) is 22. The Labute approximate surface area is 820 Å². The number of Topliss-reactive ketones (excluding diaryl/α,β-unsaturated/α-hetero) is 1. The maximum absolute atomic E-state index is 13.3. The number of carbonyl (C=O) groups is 5. The van der Waals surface area contributed by atoms with E-state index in [1.165, 1.54) is 55.8 Å². The van der Waals surface area contributed by atoms with Gasteiger partial charge >= 0.3 is 0 Å². The van der Waals surface area contributed by atoms with E-state index in [1.54, 1.807) is 27.9 Å². The van der Waals surface area contributed by atoms with Crippen LogP contribution in [-0.4, -0.2) is 216 Å². The van der Waals surface area contributed by atoms with E-state index < -0.39 is 0 Å². The quantitative estimate of drug-likeness (QED) is 0.0976. The van der Waals surface area contributed by atoms with Crippen molar-refractivity contribution in [1.29, 1.82) is 0 Å². The molecular formula is C110H124N22O9. The Balaban J connectivity index is 0.000000111. The molecule has 141 heavy (non-hydrogen) atoms. The molecule has 15 aromatic rings. The standard InChI is InChI=1S/C28H32N6O2.C28H33N5O3.C27H30N6O2.C27H29N5O2/c1-4-26(35)33-11-8-25-24(17-33)28(31-34(25)20-9-12-36-13-10-20)22-7-5-6-21-18(2)27(29-15-23(21)22)19-14-30-32(3)16-19;1-3-27(35)32-10-7-25-24(17-32)28(30-33(25)20-8-11-36-12-9-20)21-6-4-5-18-13-23(26(34)14-22(18)21)19-15-29-31(2)16-19;1-17-26-19(13-24(29-17)20-14-28-31(3)15-20)5-4-6-22(26)27-23-16-32(18(2)34)10-7-25(23)33(30-27)21-8-11-35-12-9-21;1-18(33)31-11-8-26-25(17-31)27(29-32(26)22-9-12-34-13-10-22)24-5-3-4-20-14-19(6-7-23(20)24)21-15-28-30(2)16-21/h5-7,14-16,20H,4,8-13,17H2,1-3H3;4-6,15-16,20,23H,3,7-14,17H2,1-2H3;4-6,13-15,21H,7-12,16H2,1-3H3;3-7,14-16,22H,8-13,17H2,1-2H3. The summed E-state index contributed by atoms with van der Waals surface area (Å²) in [5, 5.41) is 45.0. The van der Waals surface area contributed by atoms with Crippen LogP contribution in [-0.2, 0) is 136 Å².